The Kier molecular flexibility index (Phi) is 5.84. The van der Waals surface area contributed by atoms with Gasteiger partial charge in [-0.1, -0.05) is 47.6 Å². The minimum Gasteiger partial charge on any atom is -0.507 e. The highest BCUT2D eigenvalue weighted by Gasteiger charge is 2.26. The molecule has 0 atom stereocenters. The van der Waals surface area contributed by atoms with Crippen LogP contribution in [0.2, 0.25) is 0 Å². The molecule has 0 aromatic heterocycles. The molecule has 0 fully saturated rings. The van der Waals surface area contributed by atoms with E-state index >= 15 is 0 Å². The Morgan fingerprint density at radius 3 is 1.81 bits per heavy atom. The summed E-state index contributed by atoms with van der Waals surface area (Å²) in [4.78, 5) is 12.5. The summed E-state index contributed by atoms with van der Waals surface area (Å²) in [6, 6.07) is 11.0. The summed E-state index contributed by atoms with van der Waals surface area (Å²) in [6.45, 7) is 12.4. The highest BCUT2D eigenvalue weighted by Crippen LogP contribution is 2.40. The lowest BCUT2D eigenvalue weighted by Gasteiger charge is -2.27. The average molecular weight is 367 g/mol. The van der Waals surface area contributed by atoms with E-state index in [4.69, 9.17) is 4.74 Å². The van der Waals surface area contributed by atoms with Gasteiger partial charge in [-0.25, -0.2) is 0 Å². The zero-order valence-electron chi connectivity index (χ0n) is 17.4. The summed E-state index contributed by atoms with van der Waals surface area (Å²) < 4.78 is 5.13. The summed E-state index contributed by atoms with van der Waals surface area (Å²) in [7, 11) is 1.60. The number of phenols is 1. The van der Waals surface area contributed by atoms with Crippen molar-refractivity contribution in [2.24, 2.45) is 0 Å². The van der Waals surface area contributed by atoms with Gasteiger partial charge < -0.3 is 9.84 Å². The molecule has 0 aliphatic heterocycles. The van der Waals surface area contributed by atoms with Gasteiger partial charge in [-0.05, 0) is 58.9 Å². The third-order valence-corrected chi connectivity index (χ3v) is 4.55. The van der Waals surface area contributed by atoms with E-state index in [0.717, 1.165) is 22.4 Å². The standard InChI is InChI=1S/C24H30O3/c1-23(2,3)19-14-16(15-20(22(19)26)24(4,5)6)8-13-21(25)17-9-11-18(27-7)12-10-17/h8-15,26H,1-7H3. The molecule has 3 nitrogen and oxygen atoms in total. The maximum Gasteiger partial charge on any atom is 0.185 e. The van der Waals surface area contributed by atoms with Gasteiger partial charge in [0.15, 0.2) is 5.78 Å². The normalized spacial score (nSPS) is 12.4. The van der Waals surface area contributed by atoms with Crippen molar-refractivity contribution in [2.45, 2.75) is 52.4 Å². The summed E-state index contributed by atoms with van der Waals surface area (Å²) in [5.41, 5.74) is 2.88. The number of allylic oxidation sites excluding steroid dienone is 1. The zero-order valence-corrected chi connectivity index (χ0v) is 17.4. The predicted molar refractivity (Wildman–Crippen MR) is 112 cm³/mol. The van der Waals surface area contributed by atoms with Gasteiger partial charge in [0.25, 0.3) is 0 Å². The number of phenolic OH excluding ortho intramolecular Hbond substituents is 1. The van der Waals surface area contributed by atoms with Crippen molar-refractivity contribution in [1.82, 2.24) is 0 Å². The summed E-state index contributed by atoms with van der Waals surface area (Å²) in [6.07, 6.45) is 3.39. The van der Waals surface area contributed by atoms with Gasteiger partial charge in [-0.2, -0.15) is 0 Å². The largest absolute Gasteiger partial charge is 0.507 e. The lowest BCUT2D eigenvalue weighted by atomic mass is 9.78. The van der Waals surface area contributed by atoms with Crippen molar-refractivity contribution in [3.05, 3.63) is 64.7 Å². The number of ether oxygens (including phenoxy) is 1. The molecule has 144 valence electrons. The molecule has 0 radical (unpaired) electrons. The molecule has 0 spiro atoms. The van der Waals surface area contributed by atoms with E-state index in [9.17, 15) is 9.90 Å². The molecule has 0 aliphatic rings. The number of benzene rings is 2. The fourth-order valence-corrected chi connectivity index (χ4v) is 2.92. The van der Waals surface area contributed by atoms with Crippen LogP contribution in [-0.2, 0) is 10.8 Å². The Balaban J connectivity index is 2.42. The van der Waals surface area contributed by atoms with Crippen LogP contribution in [0.3, 0.4) is 0 Å². The van der Waals surface area contributed by atoms with Gasteiger partial charge in [0.2, 0.25) is 0 Å². The smallest absolute Gasteiger partial charge is 0.185 e. The topological polar surface area (TPSA) is 46.5 Å². The van der Waals surface area contributed by atoms with E-state index < -0.39 is 0 Å². The van der Waals surface area contributed by atoms with Gasteiger partial charge in [0.1, 0.15) is 11.5 Å². The molecule has 0 saturated carbocycles. The molecule has 2 aromatic rings. The van der Waals surface area contributed by atoms with Crippen LogP contribution in [0, 0.1) is 0 Å². The molecule has 2 rings (SSSR count). The second-order valence-electron chi connectivity index (χ2n) is 8.89. The quantitative estimate of drug-likeness (QED) is 0.542. The maximum absolute atomic E-state index is 12.5. The van der Waals surface area contributed by atoms with Crippen LogP contribution in [0.5, 0.6) is 11.5 Å². The van der Waals surface area contributed by atoms with Gasteiger partial charge >= 0.3 is 0 Å². The van der Waals surface area contributed by atoms with Crippen molar-refractivity contribution in [3.63, 3.8) is 0 Å². The number of ketones is 1. The van der Waals surface area contributed by atoms with Gasteiger partial charge in [-0.3, -0.25) is 4.79 Å². The van der Waals surface area contributed by atoms with Gasteiger partial charge in [0.05, 0.1) is 7.11 Å². The molecule has 3 heteroatoms. The highest BCUT2D eigenvalue weighted by molar-refractivity contribution is 6.06. The molecule has 0 amide bonds. The van der Waals surface area contributed by atoms with E-state index in [-0.39, 0.29) is 16.6 Å². The maximum atomic E-state index is 12.5. The number of hydrogen-bond acceptors (Lipinski definition) is 3. The Morgan fingerprint density at radius 2 is 1.41 bits per heavy atom. The van der Waals surface area contributed by atoms with Crippen LogP contribution in [0.4, 0.5) is 0 Å². The number of rotatable bonds is 4. The van der Waals surface area contributed by atoms with Crippen LogP contribution in [0.15, 0.2) is 42.5 Å². The summed E-state index contributed by atoms with van der Waals surface area (Å²) >= 11 is 0. The first-order valence-electron chi connectivity index (χ1n) is 9.18. The molecular formula is C24H30O3. The van der Waals surface area contributed by atoms with Crippen LogP contribution in [0.1, 0.15) is 68.6 Å². The third kappa shape index (κ3) is 5.00. The van der Waals surface area contributed by atoms with E-state index in [1.165, 1.54) is 0 Å². The average Bonchev–Trinajstić information content (AvgIpc) is 2.58. The fourth-order valence-electron chi connectivity index (χ4n) is 2.92. The zero-order chi connectivity index (χ0) is 20.4. The number of carbonyl (C=O) groups excluding carboxylic acids is 1. The Hall–Kier alpha value is -2.55. The molecule has 1 N–H and O–H groups in total. The van der Waals surface area contributed by atoms with Crippen molar-refractivity contribution in [3.8, 4) is 11.5 Å². The Morgan fingerprint density at radius 1 is 0.926 bits per heavy atom. The first kappa shape index (κ1) is 20.8. The summed E-state index contributed by atoms with van der Waals surface area (Å²) in [5, 5.41) is 10.8. The van der Waals surface area contributed by atoms with Crippen molar-refractivity contribution in [1.29, 1.82) is 0 Å². The predicted octanol–water partition coefficient (Wildman–Crippen LogP) is 5.89. The fraction of sp³-hybridized carbons (Fsp3) is 0.375. The molecule has 0 saturated heterocycles. The molecule has 27 heavy (non-hydrogen) atoms. The second-order valence-corrected chi connectivity index (χ2v) is 8.89. The van der Waals surface area contributed by atoms with Crippen LogP contribution in [0.25, 0.3) is 6.08 Å². The number of hydrogen-bond donors (Lipinski definition) is 1. The number of methoxy groups -OCH3 is 1. The van der Waals surface area contributed by atoms with E-state index in [1.807, 2.05) is 18.2 Å². The Labute approximate surface area is 162 Å². The van der Waals surface area contributed by atoms with E-state index in [0.29, 0.717) is 11.3 Å². The summed E-state index contributed by atoms with van der Waals surface area (Å²) in [5.74, 6) is 0.993. The SMILES string of the molecule is COc1ccc(C(=O)C=Cc2cc(C(C)(C)C)c(O)c(C(C)(C)C)c2)cc1. The van der Waals surface area contributed by atoms with Gasteiger partial charge in [-0.15, -0.1) is 0 Å². The lowest BCUT2D eigenvalue weighted by Crippen LogP contribution is -2.17. The molecule has 0 unspecified atom stereocenters. The monoisotopic (exact) mass is 366 g/mol. The van der Waals surface area contributed by atoms with E-state index in [2.05, 4.69) is 41.5 Å². The van der Waals surface area contributed by atoms with Crippen LogP contribution >= 0.6 is 0 Å². The highest BCUT2D eigenvalue weighted by atomic mass is 16.5. The molecular weight excluding hydrogens is 336 g/mol. The third-order valence-electron chi connectivity index (χ3n) is 4.55. The minimum atomic E-state index is -0.200. The van der Waals surface area contributed by atoms with Gasteiger partial charge in [0, 0.05) is 16.7 Å². The van der Waals surface area contributed by atoms with Crippen molar-refractivity contribution < 1.29 is 14.6 Å². The van der Waals surface area contributed by atoms with Crippen LogP contribution < -0.4 is 4.74 Å². The Bertz CT molecular complexity index is 810. The number of aromatic hydroxyl groups is 1. The second kappa shape index (κ2) is 7.59. The number of carbonyl (C=O) groups is 1. The molecule has 2 aromatic carbocycles. The van der Waals surface area contributed by atoms with Crippen molar-refractivity contribution >= 4 is 11.9 Å². The van der Waals surface area contributed by atoms with E-state index in [1.54, 1.807) is 37.5 Å². The van der Waals surface area contributed by atoms with Crippen molar-refractivity contribution in [2.75, 3.05) is 7.11 Å². The minimum absolute atomic E-state index is 0.0691. The van der Waals surface area contributed by atoms with Crippen LogP contribution in [-0.4, -0.2) is 18.0 Å². The molecule has 0 aliphatic carbocycles. The first-order chi connectivity index (χ1) is 12.4. The molecule has 0 bridgehead atoms. The first-order valence-corrected chi connectivity index (χ1v) is 9.18. The lowest BCUT2D eigenvalue weighted by molar-refractivity contribution is 0.104. The molecule has 0 heterocycles.